The molecule has 1 aromatic carbocycles. The zero-order valence-corrected chi connectivity index (χ0v) is 13.7. The minimum atomic E-state index is 0.194. The summed E-state index contributed by atoms with van der Waals surface area (Å²) in [6, 6.07) is 7.09. The van der Waals surface area contributed by atoms with Gasteiger partial charge in [0, 0.05) is 10.9 Å². The van der Waals surface area contributed by atoms with Gasteiger partial charge in [0.05, 0.1) is 5.75 Å². The lowest BCUT2D eigenvalue weighted by atomic mass is 9.86. The van der Waals surface area contributed by atoms with Crippen molar-refractivity contribution in [3.05, 3.63) is 29.3 Å². The fourth-order valence-corrected chi connectivity index (χ4v) is 4.34. The molecule has 2 aliphatic rings. The Hall–Kier alpha value is -0.960. The largest absolute Gasteiger partial charge is 0.352 e. The number of thioether (sulfide) groups is 1. The van der Waals surface area contributed by atoms with Crippen molar-refractivity contribution < 1.29 is 4.79 Å². The highest BCUT2D eigenvalue weighted by atomic mass is 32.2. The molecule has 0 heterocycles. The van der Waals surface area contributed by atoms with Gasteiger partial charge < -0.3 is 5.32 Å². The Morgan fingerprint density at radius 1 is 1.19 bits per heavy atom. The summed E-state index contributed by atoms with van der Waals surface area (Å²) in [7, 11) is 0. The van der Waals surface area contributed by atoms with E-state index in [1.54, 1.807) is 11.8 Å². The number of carbonyl (C=O) groups is 1. The van der Waals surface area contributed by atoms with Crippen molar-refractivity contribution in [1.29, 1.82) is 0 Å². The number of hydrogen-bond donors (Lipinski definition) is 1. The maximum Gasteiger partial charge on any atom is 0.230 e. The smallest absolute Gasteiger partial charge is 0.230 e. The van der Waals surface area contributed by atoms with E-state index >= 15 is 0 Å². The molecule has 1 amide bonds. The van der Waals surface area contributed by atoms with E-state index in [1.165, 1.54) is 54.5 Å². The van der Waals surface area contributed by atoms with Crippen LogP contribution in [-0.4, -0.2) is 17.7 Å². The van der Waals surface area contributed by atoms with Crippen LogP contribution in [0.2, 0.25) is 0 Å². The summed E-state index contributed by atoms with van der Waals surface area (Å²) in [4.78, 5) is 13.4. The van der Waals surface area contributed by atoms with E-state index in [0.29, 0.717) is 17.7 Å². The van der Waals surface area contributed by atoms with Crippen LogP contribution in [0.3, 0.4) is 0 Å². The van der Waals surface area contributed by atoms with Crippen molar-refractivity contribution in [2.75, 3.05) is 5.75 Å². The Balaban J connectivity index is 1.49. The first-order valence-corrected chi connectivity index (χ1v) is 9.25. The molecule has 2 atom stereocenters. The SMILES string of the molecule is C[C@H]1CCCC[C@H]1NC(=O)CSc1ccc2c(c1)CCC2. The van der Waals surface area contributed by atoms with Crippen LogP contribution < -0.4 is 5.32 Å². The maximum atomic E-state index is 12.1. The van der Waals surface area contributed by atoms with Gasteiger partial charge >= 0.3 is 0 Å². The van der Waals surface area contributed by atoms with Crippen LogP contribution in [0.4, 0.5) is 0 Å². The molecule has 0 spiro atoms. The highest BCUT2D eigenvalue weighted by Gasteiger charge is 2.22. The molecular weight excluding hydrogens is 278 g/mol. The van der Waals surface area contributed by atoms with Gasteiger partial charge in [-0.3, -0.25) is 4.79 Å². The summed E-state index contributed by atoms with van der Waals surface area (Å²) in [5.74, 6) is 1.37. The van der Waals surface area contributed by atoms with Gasteiger partial charge in [-0.2, -0.15) is 0 Å². The van der Waals surface area contributed by atoms with Crippen LogP contribution in [-0.2, 0) is 17.6 Å². The third-order valence-corrected chi connectivity index (χ3v) is 5.89. The molecule has 2 nitrogen and oxygen atoms in total. The maximum absolute atomic E-state index is 12.1. The van der Waals surface area contributed by atoms with Gasteiger partial charge in [-0.15, -0.1) is 11.8 Å². The topological polar surface area (TPSA) is 29.1 Å². The highest BCUT2D eigenvalue weighted by molar-refractivity contribution is 8.00. The minimum absolute atomic E-state index is 0.194. The molecule has 1 fully saturated rings. The lowest BCUT2D eigenvalue weighted by Crippen LogP contribution is -2.41. The lowest BCUT2D eigenvalue weighted by molar-refractivity contribution is -0.119. The second-order valence-electron chi connectivity index (χ2n) is 6.51. The van der Waals surface area contributed by atoms with Crippen LogP contribution in [0.25, 0.3) is 0 Å². The Kier molecular flexibility index (Phi) is 4.89. The number of benzene rings is 1. The average molecular weight is 303 g/mol. The van der Waals surface area contributed by atoms with E-state index in [0.717, 1.165) is 6.42 Å². The summed E-state index contributed by atoms with van der Waals surface area (Å²) < 4.78 is 0. The predicted molar refractivity (Wildman–Crippen MR) is 88.8 cm³/mol. The van der Waals surface area contributed by atoms with Crippen molar-refractivity contribution in [3.63, 3.8) is 0 Å². The van der Waals surface area contributed by atoms with Crippen LogP contribution in [0.5, 0.6) is 0 Å². The van der Waals surface area contributed by atoms with Crippen LogP contribution in [0.15, 0.2) is 23.1 Å². The zero-order chi connectivity index (χ0) is 14.7. The monoisotopic (exact) mass is 303 g/mol. The van der Waals surface area contributed by atoms with Crippen LogP contribution >= 0.6 is 11.8 Å². The number of amides is 1. The second-order valence-corrected chi connectivity index (χ2v) is 7.56. The molecule has 3 rings (SSSR count). The molecule has 114 valence electrons. The molecular formula is C18H25NOS. The number of fused-ring (bicyclic) bond motifs is 1. The molecule has 0 aromatic heterocycles. The van der Waals surface area contributed by atoms with Gasteiger partial charge in [0.1, 0.15) is 0 Å². The molecule has 0 saturated heterocycles. The third-order valence-electron chi connectivity index (χ3n) is 4.90. The first-order valence-electron chi connectivity index (χ1n) is 8.26. The van der Waals surface area contributed by atoms with Crippen LogP contribution in [0, 0.1) is 5.92 Å². The van der Waals surface area contributed by atoms with Gasteiger partial charge in [0.25, 0.3) is 0 Å². The van der Waals surface area contributed by atoms with Crippen LogP contribution in [0.1, 0.15) is 50.2 Å². The zero-order valence-electron chi connectivity index (χ0n) is 12.9. The van der Waals surface area contributed by atoms with Gasteiger partial charge in [0.2, 0.25) is 5.91 Å². The van der Waals surface area contributed by atoms with Gasteiger partial charge in [0.15, 0.2) is 0 Å². The third kappa shape index (κ3) is 3.82. The minimum Gasteiger partial charge on any atom is -0.352 e. The second kappa shape index (κ2) is 6.87. The highest BCUT2D eigenvalue weighted by Crippen LogP contribution is 2.28. The molecule has 1 aromatic rings. The fourth-order valence-electron chi connectivity index (χ4n) is 3.57. The summed E-state index contributed by atoms with van der Waals surface area (Å²) >= 11 is 1.67. The number of hydrogen-bond acceptors (Lipinski definition) is 2. The van der Waals surface area contributed by atoms with Crippen molar-refractivity contribution in [2.24, 2.45) is 5.92 Å². The summed E-state index contributed by atoms with van der Waals surface area (Å²) in [6.45, 7) is 2.26. The lowest BCUT2D eigenvalue weighted by Gasteiger charge is -2.29. The summed E-state index contributed by atoms with van der Waals surface area (Å²) in [5.41, 5.74) is 2.99. The van der Waals surface area contributed by atoms with Crippen molar-refractivity contribution >= 4 is 17.7 Å². The molecule has 3 heteroatoms. The number of carbonyl (C=O) groups excluding carboxylic acids is 1. The van der Waals surface area contributed by atoms with Gasteiger partial charge in [-0.05, 0) is 61.3 Å². The standard InChI is InChI=1S/C18H25NOS/c1-13-5-2-3-8-17(13)19-18(20)12-21-16-10-9-14-6-4-7-15(14)11-16/h9-11,13,17H,2-8,12H2,1H3,(H,19,20)/t13-,17+/m0/s1. The first-order chi connectivity index (χ1) is 10.2. The van der Waals surface area contributed by atoms with E-state index < -0.39 is 0 Å². The summed E-state index contributed by atoms with van der Waals surface area (Å²) in [6.07, 6.45) is 8.68. The Bertz CT molecular complexity index is 514. The average Bonchev–Trinajstić information content (AvgIpc) is 2.95. The Morgan fingerprint density at radius 3 is 2.86 bits per heavy atom. The Labute approximate surface area is 132 Å². The van der Waals surface area contributed by atoms with E-state index in [-0.39, 0.29) is 5.91 Å². The molecule has 1 N–H and O–H groups in total. The molecule has 21 heavy (non-hydrogen) atoms. The number of nitrogens with one attached hydrogen (secondary N) is 1. The molecule has 1 saturated carbocycles. The van der Waals surface area contributed by atoms with Crippen molar-refractivity contribution in [1.82, 2.24) is 5.32 Å². The Morgan fingerprint density at radius 2 is 2.00 bits per heavy atom. The molecule has 0 aliphatic heterocycles. The number of aryl methyl sites for hydroxylation is 2. The van der Waals surface area contributed by atoms with E-state index in [4.69, 9.17) is 0 Å². The molecule has 2 aliphatic carbocycles. The summed E-state index contributed by atoms with van der Waals surface area (Å²) in [5, 5.41) is 3.23. The van der Waals surface area contributed by atoms with E-state index in [1.807, 2.05) is 0 Å². The normalized spacial score (nSPS) is 24.6. The molecule has 0 unspecified atom stereocenters. The van der Waals surface area contributed by atoms with Crippen molar-refractivity contribution in [2.45, 2.75) is 62.8 Å². The predicted octanol–water partition coefficient (Wildman–Crippen LogP) is 3.96. The van der Waals surface area contributed by atoms with E-state index in [2.05, 4.69) is 30.4 Å². The fraction of sp³-hybridized carbons (Fsp3) is 0.611. The molecule has 0 radical (unpaired) electrons. The number of rotatable bonds is 4. The quantitative estimate of drug-likeness (QED) is 0.853. The van der Waals surface area contributed by atoms with Crippen molar-refractivity contribution in [3.8, 4) is 0 Å². The van der Waals surface area contributed by atoms with E-state index in [9.17, 15) is 4.79 Å². The van der Waals surface area contributed by atoms with Gasteiger partial charge in [-0.1, -0.05) is 25.8 Å². The first kappa shape index (κ1) is 15.0. The molecule has 0 bridgehead atoms. The van der Waals surface area contributed by atoms with Gasteiger partial charge in [-0.25, -0.2) is 0 Å².